The number of piperazine rings is 1. The Morgan fingerprint density at radius 3 is 2.58 bits per heavy atom. The van der Waals surface area contributed by atoms with Crippen molar-refractivity contribution >= 4 is 17.4 Å². The van der Waals surface area contributed by atoms with Crippen molar-refractivity contribution in [2.24, 2.45) is 5.41 Å². The van der Waals surface area contributed by atoms with E-state index in [0.29, 0.717) is 18.5 Å². The van der Waals surface area contributed by atoms with E-state index >= 15 is 0 Å². The molecule has 1 aromatic heterocycles. The summed E-state index contributed by atoms with van der Waals surface area (Å²) in [5.74, 6) is -0.577. The number of aromatic nitrogens is 1. The molecular formula is C24H30N4O3. The molecule has 1 aromatic carbocycles. The zero-order valence-corrected chi connectivity index (χ0v) is 18.0. The number of hydrogen-bond donors (Lipinski definition) is 2. The average Bonchev–Trinajstić information content (AvgIpc) is 2.85. The fourth-order valence-corrected chi connectivity index (χ4v) is 4.61. The van der Waals surface area contributed by atoms with Crippen molar-refractivity contribution in [3.05, 3.63) is 59.9 Å². The third-order valence-electron chi connectivity index (χ3n) is 6.28. The Kier molecular flexibility index (Phi) is 6.63. The quantitative estimate of drug-likeness (QED) is 0.420. The van der Waals surface area contributed by atoms with Gasteiger partial charge in [-0.2, -0.15) is 0 Å². The fourth-order valence-electron chi connectivity index (χ4n) is 4.61. The number of hydrogen-bond acceptors (Lipinski definition) is 7. The van der Waals surface area contributed by atoms with Gasteiger partial charge in [-0.05, 0) is 68.3 Å². The number of nitrogens with zero attached hydrogens (tertiary/aromatic N) is 2. The molecule has 0 saturated carbocycles. The van der Waals surface area contributed by atoms with Crippen molar-refractivity contribution in [2.45, 2.75) is 25.8 Å². The van der Waals surface area contributed by atoms with Crippen molar-refractivity contribution in [1.82, 2.24) is 15.6 Å². The van der Waals surface area contributed by atoms with Crippen molar-refractivity contribution in [1.29, 1.82) is 0 Å². The summed E-state index contributed by atoms with van der Waals surface area (Å²) >= 11 is 0. The van der Waals surface area contributed by atoms with Gasteiger partial charge in [0.15, 0.2) is 5.78 Å². The molecule has 0 spiro atoms. The summed E-state index contributed by atoms with van der Waals surface area (Å²) < 4.78 is 5.29. The molecule has 7 nitrogen and oxygen atoms in total. The zero-order valence-electron chi connectivity index (χ0n) is 18.0. The average molecular weight is 423 g/mol. The molecule has 2 aliphatic heterocycles. The first-order valence-electron chi connectivity index (χ1n) is 11.1. The number of carbonyl (C=O) groups is 2. The summed E-state index contributed by atoms with van der Waals surface area (Å²) in [4.78, 5) is 32.7. The van der Waals surface area contributed by atoms with Crippen LogP contribution >= 0.6 is 0 Å². The summed E-state index contributed by atoms with van der Waals surface area (Å²) in [5, 5.41) is 6.67. The third kappa shape index (κ3) is 4.34. The fraction of sp³-hybridized carbons (Fsp3) is 0.458. The molecule has 31 heavy (non-hydrogen) atoms. The Labute approximate surface area is 183 Å². The minimum Gasteiger partial charge on any atom is -0.465 e. The summed E-state index contributed by atoms with van der Waals surface area (Å²) in [6.45, 7) is 5.81. The van der Waals surface area contributed by atoms with Crippen molar-refractivity contribution in [3.63, 3.8) is 0 Å². The maximum absolute atomic E-state index is 13.4. The van der Waals surface area contributed by atoms with Crippen LogP contribution in [0.1, 0.15) is 41.7 Å². The Balaban J connectivity index is 1.58. The highest BCUT2D eigenvalue weighted by Gasteiger charge is 2.48. The predicted molar refractivity (Wildman–Crippen MR) is 119 cm³/mol. The van der Waals surface area contributed by atoms with E-state index in [9.17, 15) is 9.59 Å². The van der Waals surface area contributed by atoms with Gasteiger partial charge in [0.05, 0.1) is 12.6 Å². The molecule has 4 rings (SSSR count). The maximum Gasteiger partial charge on any atom is 0.321 e. The molecule has 2 N–H and O–H groups in total. The molecule has 0 amide bonds. The lowest BCUT2D eigenvalue weighted by molar-refractivity contribution is -0.153. The number of pyridine rings is 1. The highest BCUT2D eigenvalue weighted by molar-refractivity contribution is 6.13. The number of carbonyl (C=O) groups excluding carboxylic acids is 2. The number of esters is 1. The van der Waals surface area contributed by atoms with Crippen LogP contribution in [0.4, 0.5) is 5.69 Å². The Bertz CT molecular complexity index is 895. The molecule has 0 bridgehead atoms. The van der Waals surface area contributed by atoms with Gasteiger partial charge < -0.3 is 20.3 Å². The van der Waals surface area contributed by atoms with Crippen LogP contribution in [-0.4, -0.2) is 56.1 Å². The Morgan fingerprint density at radius 2 is 1.90 bits per heavy atom. The van der Waals surface area contributed by atoms with Crippen molar-refractivity contribution in [2.75, 3.05) is 44.2 Å². The normalized spacial score (nSPS) is 23.9. The lowest BCUT2D eigenvalue weighted by Crippen LogP contribution is -2.51. The monoisotopic (exact) mass is 422 g/mol. The second-order valence-corrected chi connectivity index (χ2v) is 8.15. The van der Waals surface area contributed by atoms with Gasteiger partial charge in [-0.1, -0.05) is 0 Å². The molecule has 7 heteroatoms. The molecule has 2 fully saturated rings. The van der Waals surface area contributed by atoms with Crippen LogP contribution < -0.4 is 15.5 Å². The van der Waals surface area contributed by atoms with Crippen LogP contribution in [0.25, 0.3) is 0 Å². The lowest BCUT2D eigenvalue weighted by Gasteiger charge is -2.38. The van der Waals surface area contributed by atoms with E-state index in [1.54, 1.807) is 6.92 Å². The van der Waals surface area contributed by atoms with Crippen LogP contribution in [0.2, 0.25) is 0 Å². The van der Waals surface area contributed by atoms with Gasteiger partial charge >= 0.3 is 5.97 Å². The highest BCUT2D eigenvalue weighted by atomic mass is 16.5. The molecule has 2 saturated heterocycles. The molecule has 2 aliphatic rings. The molecular weight excluding hydrogens is 392 g/mol. The van der Waals surface area contributed by atoms with E-state index in [2.05, 4.69) is 20.5 Å². The van der Waals surface area contributed by atoms with Gasteiger partial charge in [-0.3, -0.25) is 14.6 Å². The third-order valence-corrected chi connectivity index (χ3v) is 6.28. The Hall–Kier alpha value is -2.77. The molecule has 0 aliphatic carbocycles. The largest absolute Gasteiger partial charge is 0.465 e. The number of rotatable bonds is 6. The standard InChI is InChI=1S/C24H30N4O3/c1-2-31-23(30)24(10-3-11-27-17-24)22(29)19-4-6-20(7-5-19)28-15-14-26-16-21(28)18-8-12-25-13-9-18/h4-9,12-13,21,26-27H,2-3,10-11,14-17H2,1H3. The topological polar surface area (TPSA) is 83.6 Å². The van der Waals surface area contributed by atoms with Crippen LogP contribution in [-0.2, 0) is 9.53 Å². The van der Waals surface area contributed by atoms with E-state index < -0.39 is 11.4 Å². The van der Waals surface area contributed by atoms with Gasteiger partial charge in [-0.15, -0.1) is 0 Å². The molecule has 2 aromatic rings. The van der Waals surface area contributed by atoms with E-state index in [1.807, 2.05) is 48.8 Å². The SMILES string of the molecule is CCOC(=O)C1(C(=O)c2ccc(N3CCNCC3c3ccncc3)cc2)CCCNC1. The molecule has 2 unspecified atom stereocenters. The minimum atomic E-state index is -1.13. The number of piperidine rings is 1. The summed E-state index contributed by atoms with van der Waals surface area (Å²) in [5.41, 5.74) is 1.68. The smallest absolute Gasteiger partial charge is 0.321 e. The van der Waals surface area contributed by atoms with Gasteiger partial charge in [0.25, 0.3) is 0 Å². The number of anilines is 1. The predicted octanol–water partition coefficient (Wildman–Crippen LogP) is 2.35. The summed E-state index contributed by atoms with van der Waals surface area (Å²) in [6, 6.07) is 12.0. The first-order valence-corrected chi connectivity index (χ1v) is 11.1. The molecule has 164 valence electrons. The number of nitrogens with one attached hydrogen (secondary N) is 2. The maximum atomic E-state index is 13.4. The van der Waals surface area contributed by atoms with Crippen LogP contribution in [0.5, 0.6) is 0 Å². The molecule has 0 radical (unpaired) electrons. The minimum absolute atomic E-state index is 0.157. The molecule has 3 heterocycles. The van der Waals surface area contributed by atoms with Crippen molar-refractivity contribution in [3.8, 4) is 0 Å². The van der Waals surface area contributed by atoms with Gasteiger partial charge in [0.2, 0.25) is 0 Å². The number of ketones is 1. The lowest BCUT2D eigenvalue weighted by atomic mass is 9.74. The second kappa shape index (κ2) is 9.58. The van der Waals surface area contributed by atoms with Crippen LogP contribution in [0.3, 0.4) is 0 Å². The number of Topliss-reactive ketones (excluding diaryl/α,β-unsaturated/α-hetero) is 1. The van der Waals surface area contributed by atoms with Gasteiger partial charge in [0.1, 0.15) is 5.41 Å². The van der Waals surface area contributed by atoms with E-state index in [4.69, 9.17) is 4.74 Å². The van der Waals surface area contributed by atoms with Gasteiger partial charge in [0, 0.05) is 49.8 Å². The second-order valence-electron chi connectivity index (χ2n) is 8.15. The van der Waals surface area contributed by atoms with Crippen molar-refractivity contribution < 1.29 is 14.3 Å². The number of ether oxygens (including phenoxy) is 1. The Morgan fingerprint density at radius 1 is 1.13 bits per heavy atom. The zero-order chi connectivity index (χ0) is 21.7. The first-order chi connectivity index (χ1) is 15.2. The van der Waals surface area contributed by atoms with Gasteiger partial charge in [-0.25, -0.2) is 0 Å². The van der Waals surface area contributed by atoms with Crippen LogP contribution in [0, 0.1) is 5.41 Å². The van der Waals surface area contributed by atoms with E-state index in [0.717, 1.165) is 38.3 Å². The molecule has 2 atom stereocenters. The highest BCUT2D eigenvalue weighted by Crippen LogP contribution is 2.34. The summed E-state index contributed by atoms with van der Waals surface area (Å²) in [7, 11) is 0. The first kappa shape index (κ1) is 21.5. The van der Waals surface area contributed by atoms with Crippen LogP contribution in [0.15, 0.2) is 48.8 Å². The van der Waals surface area contributed by atoms with E-state index in [1.165, 1.54) is 5.56 Å². The number of benzene rings is 1. The summed E-state index contributed by atoms with van der Waals surface area (Å²) in [6.07, 6.45) is 4.92. The van der Waals surface area contributed by atoms with E-state index in [-0.39, 0.29) is 18.4 Å².